The molecule has 0 aromatic heterocycles. The Morgan fingerprint density at radius 3 is 2.76 bits per heavy atom. The first-order valence-corrected chi connectivity index (χ1v) is 9.83. The lowest BCUT2D eigenvalue weighted by Crippen LogP contribution is -2.39. The van der Waals surface area contributed by atoms with Crippen LogP contribution in [0, 0.1) is 11.8 Å². The second-order valence-corrected chi connectivity index (χ2v) is 8.07. The molecule has 1 aliphatic heterocycles. The van der Waals surface area contributed by atoms with Gasteiger partial charge in [0.2, 0.25) is 5.91 Å². The fourth-order valence-corrected chi connectivity index (χ4v) is 4.72. The number of halogens is 1. The molecule has 138 valence electrons. The van der Waals surface area contributed by atoms with Gasteiger partial charge in [0.1, 0.15) is 0 Å². The third-order valence-electron chi connectivity index (χ3n) is 6.30. The number of amides is 1. The molecule has 3 atom stereocenters. The maximum Gasteiger partial charge on any atom is 0.223 e. The average Bonchev–Trinajstić information content (AvgIpc) is 3.36. The van der Waals surface area contributed by atoms with Crippen LogP contribution in [0.2, 0.25) is 0 Å². The van der Waals surface area contributed by atoms with E-state index < -0.39 is 0 Å². The number of carbonyl (C=O) groups is 1. The molecule has 3 unspecified atom stereocenters. The fourth-order valence-electron chi connectivity index (χ4n) is 4.72. The van der Waals surface area contributed by atoms with Crippen LogP contribution in [-0.4, -0.2) is 29.9 Å². The molecule has 0 radical (unpaired) electrons. The highest BCUT2D eigenvalue weighted by molar-refractivity contribution is 5.85. The number of benzene rings is 1. The van der Waals surface area contributed by atoms with Crippen molar-refractivity contribution < 1.29 is 4.79 Å². The largest absolute Gasteiger partial charge is 0.333 e. The molecule has 3 nitrogen and oxygen atoms in total. The van der Waals surface area contributed by atoms with Crippen molar-refractivity contribution in [1.82, 2.24) is 10.2 Å². The van der Waals surface area contributed by atoms with Crippen LogP contribution in [-0.2, 0) is 11.2 Å². The number of rotatable bonds is 5. The molecular formula is C21H31ClN2O. The highest BCUT2D eigenvalue weighted by atomic mass is 35.5. The number of aryl methyl sites for hydroxylation is 1. The zero-order valence-electron chi connectivity index (χ0n) is 15.2. The molecule has 1 saturated heterocycles. The van der Waals surface area contributed by atoms with Gasteiger partial charge >= 0.3 is 0 Å². The second-order valence-electron chi connectivity index (χ2n) is 8.07. The second kappa shape index (κ2) is 8.09. The van der Waals surface area contributed by atoms with E-state index in [-0.39, 0.29) is 12.4 Å². The topological polar surface area (TPSA) is 32.3 Å². The molecule has 0 bridgehead atoms. The van der Waals surface area contributed by atoms with Crippen LogP contribution in [0.4, 0.5) is 0 Å². The lowest BCUT2D eigenvalue weighted by atomic mass is 9.85. The third kappa shape index (κ3) is 4.03. The van der Waals surface area contributed by atoms with Crippen LogP contribution in [0.1, 0.15) is 62.6 Å². The van der Waals surface area contributed by atoms with Gasteiger partial charge in [-0.05, 0) is 74.6 Å². The minimum Gasteiger partial charge on any atom is -0.333 e. The average molecular weight is 363 g/mol. The predicted octanol–water partition coefficient (Wildman–Crippen LogP) is 4.11. The first kappa shape index (κ1) is 18.7. The Morgan fingerprint density at radius 2 is 2.04 bits per heavy atom. The standard InChI is InChI=1S/C21H30N2O.ClH/c1-15(17-6-4-12-22-14-17)13-21(24)23(18-9-10-18)20-11-8-16-5-2-3-7-19(16)20;/h2-3,5,7,15,17-18,20,22H,4,6,8-14H2,1H3;1H. The van der Waals surface area contributed by atoms with Crippen molar-refractivity contribution >= 4 is 18.3 Å². The molecule has 2 aliphatic carbocycles. The first-order chi connectivity index (χ1) is 11.7. The van der Waals surface area contributed by atoms with E-state index in [1.54, 1.807) is 0 Å². The molecule has 25 heavy (non-hydrogen) atoms. The van der Waals surface area contributed by atoms with Gasteiger partial charge < -0.3 is 10.2 Å². The minimum atomic E-state index is 0. The quantitative estimate of drug-likeness (QED) is 0.854. The number of fused-ring (bicyclic) bond motifs is 1. The summed E-state index contributed by atoms with van der Waals surface area (Å²) in [4.78, 5) is 15.5. The number of carbonyl (C=O) groups excluding carboxylic acids is 1. The molecule has 1 aromatic carbocycles. The maximum absolute atomic E-state index is 13.2. The molecule has 0 spiro atoms. The Hall–Kier alpha value is -1.06. The van der Waals surface area contributed by atoms with Gasteiger partial charge in [-0.1, -0.05) is 31.2 Å². The molecule has 1 aromatic rings. The number of hydrogen-bond acceptors (Lipinski definition) is 2. The Bertz CT molecular complexity index is 595. The van der Waals surface area contributed by atoms with Crippen LogP contribution in [0.5, 0.6) is 0 Å². The number of nitrogens with one attached hydrogen (secondary N) is 1. The number of nitrogens with zero attached hydrogens (tertiary/aromatic N) is 1. The molecule has 4 rings (SSSR count). The minimum absolute atomic E-state index is 0. The van der Waals surface area contributed by atoms with Crippen molar-refractivity contribution in [3.8, 4) is 0 Å². The molecule has 2 fully saturated rings. The van der Waals surface area contributed by atoms with E-state index in [4.69, 9.17) is 0 Å². The summed E-state index contributed by atoms with van der Waals surface area (Å²) in [6.45, 7) is 4.51. The van der Waals surface area contributed by atoms with Gasteiger partial charge in [-0.2, -0.15) is 0 Å². The highest BCUT2D eigenvalue weighted by Crippen LogP contribution is 2.42. The van der Waals surface area contributed by atoms with E-state index >= 15 is 0 Å². The van der Waals surface area contributed by atoms with E-state index in [2.05, 4.69) is 41.4 Å². The summed E-state index contributed by atoms with van der Waals surface area (Å²) < 4.78 is 0. The predicted molar refractivity (Wildman–Crippen MR) is 104 cm³/mol. The van der Waals surface area contributed by atoms with E-state index in [0.717, 1.165) is 32.4 Å². The fraction of sp³-hybridized carbons (Fsp3) is 0.667. The van der Waals surface area contributed by atoms with E-state index in [9.17, 15) is 4.79 Å². The highest BCUT2D eigenvalue weighted by Gasteiger charge is 2.40. The summed E-state index contributed by atoms with van der Waals surface area (Å²) in [6, 6.07) is 9.57. The van der Waals surface area contributed by atoms with E-state index in [1.165, 1.54) is 36.8 Å². The maximum atomic E-state index is 13.2. The molecule has 4 heteroatoms. The van der Waals surface area contributed by atoms with Crippen molar-refractivity contribution in [3.63, 3.8) is 0 Å². The molecule has 1 saturated carbocycles. The number of piperidine rings is 1. The van der Waals surface area contributed by atoms with Gasteiger partial charge in [-0.15, -0.1) is 12.4 Å². The van der Waals surface area contributed by atoms with Crippen molar-refractivity contribution in [3.05, 3.63) is 35.4 Å². The lowest BCUT2D eigenvalue weighted by molar-refractivity contribution is -0.135. The molecule has 1 heterocycles. The summed E-state index contributed by atoms with van der Waals surface area (Å²) in [5.74, 6) is 1.56. The molecule has 1 amide bonds. The smallest absolute Gasteiger partial charge is 0.223 e. The third-order valence-corrected chi connectivity index (χ3v) is 6.30. The summed E-state index contributed by atoms with van der Waals surface area (Å²) in [6.07, 6.45) is 7.89. The van der Waals surface area contributed by atoms with E-state index in [0.29, 0.717) is 29.8 Å². The first-order valence-electron chi connectivity index (χ1n) is 9.83. The summed E-state index contributed by atoms with van der Waals surface area (Å²) in [5, 5.41) is 3.50. The Kier molecular flexibility index (Phi) is 6.06. The van der Waals surface area contributed by atoms with Crippen LogP contribution < -0.4 is 5.32 Å². The number of hydrogen-bond donors (Lipinski definition) is 1. The molecule has 1 N–H and O–H groups in total. The lowest BCUT2D eigenvalue weighted by Gasteiger charge is -2.33. The molecule has 3 aliphatic rings. The Balaban J connectivity index is 0.00000182. The zero-order chi connectivity index (χ0) is 16.5. The van der Waals surface area contributed by atoms with Crippen molar-refractivity contribution in [2.24, 2.45) is 11.8 Å². The Labute approximate surface area is 158 Å². The van der Waals surface area contributed by atoms with Gasteiger partial charge in [0, 0.05) is 12.5 Å². The van der Waals surface area contributed by atoms with Gasteiger partial charge in [-0.25, -0.2) is 0 Å². The van der Waals surface area contributed by atoms with Crippen LogP contribution in [0.25, 0.3) is 0 Å². The van der Waals surface area contributed by atoms with Gasteiger partial charge in [0.25, 0.3) is 0 Å². The Morgan fingerprint density at radius 1 is 1.24 bits per heavy atom. The van der Waals surface area contributed by atoms with Crippen LogP contribution >= 0.6 is 12.4 Å². The summed E-state index contributed by atoms with van der Waals surface area (Å²) >= 11 is 0. The van der Waals surface area contributed by atoms with Gasteiger partial charge in [0.15, 0.2) is 0 Å². The normalized spacial score (nSPS) is 26.4. The summed E-state index contributed by atoms with van der Waals surface area (Å²) in [7, 11) is 0. The summed E-state index contributed by atoms with van der Waals surface area (Å²) in [5.41, 5.74) is 2.86. The van der Waals surface area contributed by atoms with Crippen molar-refractivity contribution in [2.75, 3.05) is 13.1 Å². The van der Waals surface area contributed by atoms with Crippen molar-refractivity contribution in [1.29, 1.82) is 0 Å². The van der Waals surface area contributed by atoms with Crippen LogP contribution in [0.3, 0.4) is 0 Å². The van der Waals surface area contributed by atoms with Crippen molar-refractivity contribution in [2.45, 2.75) is 64.0 Å². The molecular weight excluding hydrogens is 332 g/mol. The van der Waals surface area contributed by atoms with Crippen LogP contribution in [0.15, 0.2) is 24.3 Å². The zero-order valence-corrected chi connectivity index (χ0v) is 16.1. The van der Waals surface area contributed by atoms with Gasteiger partial charge in [-0.3, -0.25) is 4.79 Å². The SMILES string of the molecule is CC(CC(=O)N(C1CC1)C1CCc2ccccc21)C1CCCNC1.Cl. The monoisotopic (exact) mass is 362 g/mol. The van der Waals surface area contributed by atoms with E-state index in [1.807, 2.05) is 0 Å². The van der Waals surface area contributed by atoms with Gasteiger partial charge in [0.05, 0.1) is 6.04 Å².